The van der Waals surface area contributed by atoms with Crippen LogP contribution >= 0.6 is 0 Å². The van der Waals surface area contributed by atoms with Gasteiger partial charge in [0.05, 0.1) is 24.4 Å². The van der Waals surface area contributed by atoms with Gasteiger partial charge in [-0.3, -0.25) is 0 Å². The van der Waals surface area contributed by atoms with Crippen molar-refractivity contribution in [2.24, 2.45) is 5.73 Å². The van der Waals surface area contributed by atoms with E-state index in [1.165, 1.54) is 0 Å². The third kappa shape index (κ3) is 1.88. The van der Waals surface area contributed by atoms with Gasteiger partial charge in [-0.15, -0.1) is 0 Å². The fourth-order valence-corrected chi connectivity index (χ4v) is 1.12. The summed E-state index contributed by atoms with van der Waals surface area (Å²) in [5.74, 6) is 0. The van der Waals surface area contributed by atoms with Crippen LogP contribution in [0.1, 0.15) is 0 Å². The number of nitrogens with two attached hydrogens (primary N) is 1. The van der Waals surface area contributed by atoms with Crippen LogP contribution in [0, 0.1) is 0 Å². The second-order valence-corrected chi connectivity index (χ2v) is 2.86. The number of aliphatic hydroxyl groups excluding tert-OH is 3. The Morgan fingerprint density at radius 1 is 1.09 bits per heavy atom. The van der Waals surface area contributed by atoms with Crippen LogP contribution < -0.4 is 11.1 Å². The number of hydrogen-bond acceptors (Lipinski definition) is 5. The quantitative estimate of drug-likeness (QED) is 0.261. The molecule has 0 radical (unpaired) electrons. The van der Waals surface area contributed by atoms with Crippen LogP contribution in [-0.4, -0.2) is 52.8 Å². The number of rotatable bonds is 0. The van der Waals surface area contributed by atoms with Crippen molar-refractivity contribution in [2.75, 3.05) is 13.1 Å². The third-order valence-electron chi connectivity index (χ3n) is 1.94. The molecule has 1 rings (SSSR count). The van der Waals surface area contributed by atoms with Crippen LogP contribution in [0.3, 0.4) is 0 Å². The summed E-state index contributed by atoms with van der Waals surface area (Å²) < 4.78 is 0. The molecule has 1 aliphatic heterocycles. The Morgan fingerprint density at radius 3 is 2.27 bits per heavy atom. The third-order valence-corrected chi connectivity index (χ3v) is 1.94. The normalized spacial score (nSPS) is 46.9. The lowest BCUT2D eigenvalue weighted by atomic mass is 10.0. The van der Waals surface area contributed by atoms with Gasteiger partial charge in [-0.2, -0.15) is 0 Å². The molecule has 66 valence electrons. The van der Waals surface area contributed by atoms with E-state index in [0.29, 0.717) is 6.54 Å². The smallest absolute Gasteiger partial charge is 0.0987 e. The molecule has 0 saturated carbocycles. The summed E-state index contributed by atoms with van der Waals surface area (Å²) in [4.78, 5) is 0. The summed E-state index contributed by atoms with van der Waals surface area (Å²) in [6.45, 7) is 0.585. The number of β-amino-alcohol motifs (C(OH)–C–C–N with tert-alkyl or cyclic N) is 2. The molecule has 11 heavy (non-hydrogen) atoms. The van der Waals surface area contributed by atoms with Gasteiger partial charge >= 0.3 is 0 Å². The lowest BCUT2D eigenvalue weighted by molar-refractivity contribution is -0.00956. The molecule has 4 atom stereocenters. The van der Waals surface area contributed by atoms with E-state index in [1.54, 1.807) is 0 Å². The summed E-state index contributed by atoms with van der Waals surface area (Å²) in [5.41, 5.74) is 5.41. The molecular weight excluding hydrogens is 148 g/mol. The molecule has 0 spiro atoms. The van der Waals surface area contributed by atoms with Crippen LogP contribution in [0.5, 0.6) is 0 Å². The van der Waals surface area contributed by atoms with Crippen molar-refractivity contribution in [2.45, 2.75) is 24.4 Å². The van der Waals surface area contributed by atoms with Crippen LogP contribution in [0.4, 0.5) is 0 Å². The van der Waals surface area contributed by atoms with Gasteiger partial charge in [0, 0.05) is 13.1 Å². The molecule has 1 heterocycles. The summed E-state index contributed by atoms with van der Waals surface area (Å²) in [7, 11) is 0. The van der Waals surface area contributed by atoms with Crippen molar-refractivity contribution in [1.82, 2.24) is 5.32 Å². The molecule has 0 aliphatic carbocycles. The van der Waals surface area contributed by atoms with Crippen LogP contribution in [0.2, 0.25) is 0 Å². The SMILES string of the molecule is N[C@@H]1[C@@H](O)[C@H](O)CNC[C@H]1O. The highest BCUT2D eigenvalue weighted by molar-refractivity contribution is 4.89. The largest absolute Gasteiger partial charge is 0.390 e. The minimum Gasteiger partial charge on any atom is -0.390 e. The van der Waals surface area contributed by atoms with Crippen LogP contribution in [0.15, 0.2) is 0 Å². The fourth-order valence-electron chi connectivity index (χ4n) is 1.12. The van der Waals surface area contributed by atoms with Gasteiger partial charge in [-0.05, 0) is 0 Å². The molecule has 1 fully saturated rings. The van der Waals surface area contributed by atoms with Gasteiger partial charge in [-0.25, -0.2) is 0 Å². The van der Waals surface area contributed by atoms with Gasteiger partial charge in [-0.1, -0.05) is 0 Å². The van der Waals surface area contributed by atoms with Gasteiger partial charge in [0.2, 0.25) is 0 Å². The monoisotopic (exact) mass is 162 g/mol. The zero-order valence-electron chi connectivity index (χ0n) is 6.14. The molecule has 0 bridgehead atoms. The maximum absolute atomic E-state index is 9.22. The summed E-state index contributed by atoms with van der Waals surface area (Å²) in [6.07, 6.45) is -2.72. The van der Waals surface area contributed by atoms with E-state index in [0.717, 1.165) is 0 Å². The summed E-state index contributed by atoms with van der Waals surface area (Å²) in [6, 6.07) is -0.764. The summed E-state index contributed by atoms with van der Waals surface area (Å²) >= 11 is 0. The number of nitrogens with one attached hydrogen (secondary N) is 1. The lowest BCUT2D eigenvalue weighted by Crippen LogP contribution is -2.49. The Labute approximate surface area is 64.8 Å². The van der Waals surface area contributed by atoms with Crippen molar-refractivity contribution in [1.29, 1.82) is 0 Å². The maximum Gasteiger partial charge on any atom is 0.0987 e. The van der Waals surface area contributed by atoms with E-state index in [1.807, 2.05) is 0 Å². The van der Waals surface area contributed by atoms with E-state index < -0.39 is 24.4 Å². The molecule has 5 heteroatoms. The number of hydrogen-bond donors (Lipinski definition) is 5. The molecular formula is C6H14N2O3. The average molecular weight is 162 g/mol. The van der Waals surface area contributed by atoms with Crippen LogP contribution in [-0.2, 0) is 0 Å². The van der Waals surface area contributed by atoms with Crippen molar-refractivity contribution in [3.8, 4) is 0 Å². The predicted molar refractivity (Wildman–Crippen MR) is 38.9 cm³/mol. The van der Waals surface area contributed by atoms with E-state index in [4.69, 9.17) is 10.8 Å². The molecule has 0 aromatic rings. The summed E-state index contributed by atoms with van der Waals surface area (Å²) in [5, 5.41) is 30.3. The zero-order valence-corrected chi connectivity index (χ0v) is 6.14. The average Bonchev–Trinajstić information content (AvgIpc) is 2.07. The molecule has 5 nitrogen and oxygen atoms in total. The molecule has 0 amide bonds. The minimum absolute atomic E-state index is 0.270. The predicted octanol–water partition coefficient (Wildman–Crippen LogP) is -3.00. The van der Waals surface area contributed by atoms with Crippen molar-refractivity contribution < 1.29 is 15.3 Å². The lowest BCUT2D eigenvalue weighted by Gasteiger charge is -2.22. The van der Waals surface area contributed by atoms with Crippen molar-refractivity contribution in [3.63, 3.8) is 0 Å². The highest BCUT2D eigenvalue weighted by atomic mass is 16.3. The Morgan fingerprint density at radius 2 is 1.64 bits per heavy atom. The first-order valence-corrected chi connectivity index (χ1v) is 3.63. The standard InChI is InChI=1S/C6H14N2O3/c7-5-3(9)1-8-2-4(10)6(5)11/h3-6,8-11H,1-2,7H2/t3-,4-,5+,6+/m1/s1. The Hall–Kier alpha value is -0.200. The van der Waals surface area contributed by atoms with Crippen molar-refractivity contribution in [3.05, 3.63) is 0 Å². The first-order valence-electron chi connectivity index (χ1n) is 3.63. The second kappa shape index (κ2) is 3.46. The van der Waals surface area contributed by atoms with E-state index in [9.17, 15) is 10.2 Å². The van der Waals surface area contributed by atoms with E-state index >= 15 is 0 Å². The molecule has 1 aliphatic rings. The van der Waals surface area contributed by atoms with Gasteiger partial charge < -0.3 is 26.4 Å². The van der Waals surface area contributed by atoms with E-state index in [-0.39, 0.29) is 6.54 Å². The second-order valence-electron chi connectivity index (χ2n) is 2.86. The Kier molecular flexibility index (Phi) is 2.80. The highest BCUT2D eigenvalue weighted by Crippen LogP contribution is 2.05. The highest BCUT2D eigenvalue weighted by Gasteiger charge is 2.31. The zero-order chi connectivity index (χ0) is 8.43. The fraction of sp³-hybridized carbons (Fsp3) is 1.00. The molecule has 6 N–H and O–H groups in total. The van der Waals surface area contributed by atoms with E-state index in [2.05, 4.69) is 5.32 Å². The Balaban J connectivity index is 2.58. The van der Waals surface area contributed by atoms with Gasteiger partial charge in [0.25, 0.3) is 0 Å². The first kappa shape index (κ1) is 8.89. The molecule has 0 aromatic carbocycles. The molecule has 0 aromatic heterocycles. The van der Waals surface area contributed by atoms with Gasteiger partial charge in [0.15, 0.2) is 0 Å². The van der Waals surface area contributed by atoms with Gasteiger partial charge in [0.1, 0.15) is 0 Å². The minimum atomic E-state index is -1.04. The van der Waals surface area contributed by atoms with Crippen molar-refractivity contribution >= 4 is 0 Å². The number of aliphatic hydroxyl groups is 3. The van der Waals surface area contributed by atoms with Crippen LogP contribution in [0.25, 0.3) is 0 Å². The molecule has 0 unspecified atom stereocenters. The topological polar surface area (TPSA) is 98.7 Å². The maximum atomic E-state index is 9.22. The first-order chi connectivity index (χ1) is 5.13. The molecule has 1 saturated heterocycles. The Bertz CT molecular complexity index is 119.